The van der Waals surface area contributed by atoms with Crippen LogP contribution in [0, 0.1) is 0 Å². The summed E-state index contributed by atoms with van der Waals surface area (Å²) in [5, 5.41) is 2.70. The van der Waals surface area contributed by atoms with Gasteiger partial charge in [0.2, 0.25) is 5.91 Å². The molecular weight excluding hydrogens is 295 g/mol. The maximum absolute atomic E-state index is 12.6. The first-order valence-corrected chi connectivity index (χ1v) is 6.73. The number of nitrogens with one attached hydrogen (secondary N) is 1. The number of nitrogens with zero attached hydrogens (tertiary/aromatic N) is 2. The monoisotopic (exact) mass is 311 g/mol. The van der Waals surface area contributed by atoms with Crippen LogP contribution in [0.25, 0.3) is 5.65 Å². The number of aromatic nitrogens is 2. The zero-order valence-electron chi connectivity index (χ0n) is 12.2. The molecule has 4 nitrogen and oxygen atoms in total. The Balaban J connectivity index is 2.04. The van der Waals surface area contributed by atoms with Crippen LogP contribution in [0.4, 0.5) is 13.2 Å². The summed E-state index contributed by atoms with van der Waals surface area (Å²) in [5.74, 6) is -0.192. The van der Waals surface area contributed by atoms with Crippen molar-refractivity contribution in [3.63, 3.8) is 0 Å². The summed E-state index contributed by atoms with van der Waals surface area (Å²) in [4.78, 5) is 15.7. The lowest BCUT2D eigenvalue weighted by atomic mass is 10.3. The van der Waals surface area contributed by atoms with E-state index in [1.165, 1.54) is 22.7 Å². The van der Waals surface area contributed by atoms with Gasteiger partial charge in [-0.2, -0.15) is 13.2 Å². The third-order valence-corrected chi connectivity index (χ3v) is 2.93. The SMILES string of the molecule is CC(C)=CC(=O)NCCc1cn2cc(C(F)(F)F)ccc2n1. The van der Waals surface area contributed by atoms with Crippen molar-refractivity contribution in [1.82, 2.24) is 14.7 Å². The summed E-state index contributed by atoms with van der Waals surface area (Å²) < 4.78 is 39.2. The average Bonchev–Trinajstić information content (AvgIpc) is 2.78. The first-order chi connectivity index (χ1) is 10.3. The standard InChI is InChI=1S/C15H16F3N3O/c1-10(2)7-14(22)19-6-5-12-9-21-8-11(15(16,17)18)3-4-13(21)20-12/h3-4,7-9H,5-6H2,1-2H3,(H,19,22). The molecule has 0 spiro atoms. The summed E-state index contributed by atoms with van der Waals surface area (Å²) in [6, 6.07) is 2.33. The zero-order chi connectivity index (χ0) is 16.3. The Morgan fingerprint density at radius 2 is 2.05 bits per heavy atom. The predicted molar refractivity (Wildman–Crippen MR) is 76.3 cm³/mol. The molecule has 1 N–H and O–H groups in total. The first-order valence-electron chi connectivity index (χ1n) is 6.73. The lowest BCUT2D eigenvalue weighted by Crippen LogP contribution is -2.23. The highest BCUT2D eigenvalue weighted by Crippen LogP contribution is 2.29. The van der Waals surface area contributed by atoms with Crippen molar-refractivity contribution in [3.05, 3.63) is 47.4 Å². The Morgan fingerprint density at radius 3 is 2.68 bits per heavy atom. The van der Waals surface area contributed by atoms with E-state index >= 15 is 0 Å². The number of allylic oxidation sites excluding steroid dienone is 1. The van der Waals surface area contributed by atoms with E-state index in [2.05, 4.69) is 10.3 Å². The number of alkyl halides is 3. The quantitative estimate of drug-likeness (QED) is 0.882. The van der Waals surface area contributed by atoms with Crippen molar-refractivity contribution < 1.29 is 18.0 Å². The fourth-order valence-corrected chi connectivity index (χ4v) is 1.96. The van der Waals surface area contributed by atoms with E-state index in [0.717, 1.165) is 17.8 Å². The summed E-state index contributed by atoms with van der Waals surface area (Å²) in [7, 11) is 0. The lowest BCUT2D eigenvalue weighted by Gasteiger charge is -2.05. The summed E-state index contributed by atoms with van der Waals surface area (Å²) in [6.07, 6.45) is 0.104. The van der Waals surface area contributed by atoms with Gasteiger partial charge in [0.25, 0.3) is 0 Å². The second-order valence-corrected chi connectivity index (χ2v) is 5.18. The fourth-order valence-electron chi connectivity index (χ4n) is 1.96. The van der Waals surface area contributed by atoms with Crippen molar-refractivity contribution in [2.24, 2.45) is 0 Å². The molecule has 2 heterocycles. The average molecular weight is 311 g/mol. The van der Waals surface area contributed by atoms with Crippen molar-refractivity contribution in [1.29, 1.82) is 0 Å². The number of fused-ring (bicyclic) bond motifs is 1. The Morgan fingerprint density at radius 1 is 1.32 bits per heavy atom. The van der Waals surface area contributed by atoms with Crippen LogP contribution in [0.1, 0.15) is 25.1 Å². The van der Waals surface area contributed by atoms with Crippen molar-refractivity contribution in [2.45, 2.75) is 26.4 Å². The predicted octanol–water partition coefficient (Wildman–Crippen LogP) is 2.98. The normalized spacial score (nSPS) is 11.5. The molecule has 7 heteroatoms. The largest absolute Gasteiger partial charge is 0.417 e. The molecule has 0 fully saturated rings. The smallest absolute Gasteiger partial charge is 0.352 e. The van der Waals surface area contributed by atoms with Gasteiger partial charge < -0.3 is 9.72 Å². The van der Waals surface area contributed by atoms with E-state index in [9.17, 15) is 18.0 Å². The molecule has 0 aliphatic rings. The topological polar surface area (TPSA) is 46.4 Å². The molecule has 22 heavy (non-hydrogen) atoms. The van der Waals surface area contributed by atoms with Crippen LogP contribution in [0.3, 0.4) is 0 Å². The van der Waals surface area contributed by atoms with Crippen molar-refractivity contribution >= 4 is 11.6 Å². The fraction of sp³-hybridized carbons (Fsp3) is 0.333. The van der Waals surface area contributed by atoms with Crippen LogP contribution >= 0.6 is 0 Å². The molecule has 0 bridgehead atoms. The Labute approximate surface area is 125 Å². The molecule has 2 rings (SSSR count). The van der Waals surface area contributed by atoms with Crippen LogP contribution in [0.15, 0.2) is 36.2 Å². The van der Waals surface area contributed by atoms with Gasteiger partial charge in [-0.15, -0.1) is 0 Å². The number of carbonyl (C=O) groups excluding carboxylic acids is 1. The van der Waals surface area contributed by atoms with Crippen LogP contribution in [0.5, 0.6) is 0 Å². The molecule has 0 aromatic carbocycles. The molecule has 1 amide bonds. The van der Waals surface area contributed by atoms with Gasteiger partial charge in [-0.3, -0.25) is 4.79 Å². The second kappa shape index (κ2) is 6.21. The summed E-state index contributed by atoms with van der Waals surface area (Å²) in [5.41, 5.74) is 1.24. The zero-order valence-corrected chi connectivity index (χ0v) is 12.2. The number of hydrogen-bond donors (Lipinski definition) is 1. The van der Waals surface area contributed by atoms with Gasteiger partial charge in [-0.05, 0) is 26.0 Å². The molecular formula is C15H16F3N3O. The first kappa shape index (κ1) is 16.1. The van der Waals surface area contributed by atoms with Gasteiger partial charge >= 0.3 is 6.18 Å². The summed E-state index contributed by atoms with van der Waals surface area (Å²) in [6.45, 7) is 4.01. The minimum absolute atomic E-state index is 0.192. The van der Waals surface area contributed by atoms with Crippen molar-refractivity contribution in [3.8, 4) is 0 Å². The molecule has 0 aliphatic carbocycles. The molecule has 0 saturated carbocycles. The molecule has 0 radical (unpaired) electrons. The minimum Gasteiger partial charge on any atom is -0.352 e. The van der Waals surface area contributed by atoms with Gasteiger partial charge in [0.05, 0.1) is 11.3 Å². The lowest BCUT2D eigenvalue weighted by molar-refractivity contribution is -0.137. The van der Waals surface area contributed by atoms with Gasteiger partial charge in [0.15, 0.2) is 0 Å². The highest BCUT2D eigenvalue weighted by atomic mass is 19.4. The number of halogens is 3. The van der Waals surface area contributed by atoms with Crippen molar-refractivity contribution in [2.75, 3.05) is 6.54 Å². The molecule has 0 atom stereocenters. The Hall–Kier alpha value is -2.31. The van der Waals surface area contributed by atoms with Crippen LogP contribution in [0.2, 0.25) is 0 Å². The van der Waals surface area contributed by atoms with E-state index < -0.39 is 11.7 Å². The third kappa shape index (κ3) is 4.09. The van der Waals surface area contributed by atoms with E-state index in [1.54, 1.807) is 0 Å². The molecule has 0 unspecified atom stereocenters. The number of pyridine rings is 1. The highest BCUT2D eigenvalue weighted by molar-refractivity contribution is 5.87. The van der Waals surface area contributed by atoms with E-state index in [0.29, 0.717) is 24.3 Å². The number of imidazole rings is 1. The van der Waals surface area contributed by atoms with Crippen LogP contribution in [-0.4, -0.2) is 21.8 Å². The molecule has 2 aromatic heterocycles. The maximum atomic E-state index is 12.6. The Kier molecular flexibility index (Phi) is 4.54. The molecule has 0 saturated heterocycles. The summed E-state index contributed by atoms with van der Waals surface area (Å²) >= 11 is 0. The number of carbonyl (C=O) groups is 1. The van der Waals surface area contributed by atoms with Gasteiger partial charge in [0, 0.05) is 31.4 Å². The second-order valence-electron chi connectivity index (χ2n) is 5.18. The number of rotatable bonds is 4. The van der Waals surface area contributed by atoms with Gasteiger partial charge in [-0.25, -0.2) is 4.98 Å². The van der Waals surface area contributed by atoms with Crippen LogP contribution < -0.4 is 5.32 Å². The molecule has 0 aliphatic heterocycles. The number of hydrogen-bond acceptors (Lipinski definition) is 2. The highest BCUT2D eigenvalue weighted by Gasteiger charge is 2.30. The minimum atomic E-state index is -4.38. The van der Waals surface area contributed by atoms with E-state index in [1.807, 2.05) is 13.8 Å². The van der Waals surface area contributed by atoms with Gasteiger partial charge in [0.1, 0.15) is 5.65 Å². The number of amides is 1. The third-order valence-electron chi connectivity index (χ3n) is 2.93. The van der Waals surface area contributed by atoms with Gasteiger partial charge in [-0.1, -0.05) is 5.57 Å². The molecule has 2 aromatic rings. The molecule has 118 valence electrons. The van der Waals surface area contributed by atoms with Crippen LogP contribution in [-0.2, 0) is 17.4 Å². The maximum Gasteiger partial charge on any atom is 0.417 e. The Bertz CT molecular complexity index is 712. The van der Waals surface area contributed by atoms with E-state index in [4.69, 9.17) is 0 Å². The van der Waals surface area contributed by atoms with E-state index in [-0.39, 0.29) is 5.91 Å².